The van der Waals surface area contributed by atoms with E-state index in [1.165, 1.54) is 11.3 Å². The number of nitrogens with one attached hydrogen (secondary N) is 1. The molecule has 0 saturated heterocycles. The number of carboxylic acids is 1. The van der Waals surface area contributed by atoms with Gasteiger partial charge in [-0.25, -0.2) is 4.98 Å². The van der Waals surface area contributed by atoms with Crippen molar-refractivity contribution in [2.45, 2.75) is 12.2 Å². The van der Waals surface area contributed by atoms with Gasteiger partial charge in [-0.15, -0.1) is 23.1 Å². The molecule has 2 rings (SSSR count). The second-order valence-corrected chi connectivity index (χ2v) is 6.43. The Labute approximate surface area is 130 Å². The average Bonchev–Trinajstić information content (AvgIpc) is 2.94. The van der Waals surface area contributed by atoms with E-state index in [9.17, 15) is 9.59 Å². The molecule has 0 radical (unpaired) electrons. The van der Waals surface area contributed by atoms with E-state index in [0.29, 0.717) is 5.13 Å². The van der Waals surface area contributed by atoms with Crippen molar-refractivity contribution in [3.8, 4) is 11.3 Å². The molecule has 1 aromatic carbocycles. The Balaban J connectivity index is 1.91. The fraction of sp³-hybridized carbons (Fsp3) is 0.214. The molecule has 0 aliphatic carbocycles. The first kappa shape index (κ1) is 15.5. The van der Waals surface area contributed by atoms with Crippen molar-refractivity contribution in [3.63, 3.8) is 0 Å². The number of amides is 1. The summed E-state index contributed by atoms with van der Waals surface area (Å²) in [5, 5.41) is 13.2. The van der Waals surface area contributed by atoms with Crippen LogP contribution in [0.2, 0.25) is 0 Å². The van der Waals surface area contributed by atoms with Crippen LogP contribution in [0, 0.1) is 0 Å². The van der Waals surface area contributed by atoms with E-state index in [1.54, 1.807) is 6.92 Å². The maximum Gasteiger partial charge on any atom is 0.316 e. The second kappa shape index (κ2) is 7.24. The van der Waals surface area contributed by atoms with Gasteiger partial charge < -0.3 is 10.4 Å². The molecule has 2 N–H and O–H groups in total. The highest BCUT2D eigenvalue weighted by molar-refractivity contribution is 8.01. The van der Waals surface area contributed by atoms with Gasteiger partial charge in [0.15, 0.2) is 5.13 Å². The summed E-state index contributed by atoms with van der Waals surface area (Å²) in [5.74, 6) is -1.08. The lowest BCUT2D eigenvalue weighted by Crippen LogP contribution is -2.19. The SMILES string of the molecule is C[C@@H](SCC(=O)Nc1nc(-c2ccccc2)cs1)C(=O)O. The Morgan fingerprint density at radius 3 is 2.76 bits per heavy atom. The number of hydrogen-bond donors (Lipinski definition) is 2. The zero-order valence-corrected chi connectivity index (χ0v) is 12.9. The Hall–Kier alpha value is -1.86. The number of carbonyl (C=O) groups excluding carboxylic acids is 1. The fourth-order valence-corrected chi connectivity index (χ4v) is 2.85. The minimum absolute atomic E-state index is 0.0910. The van der Waals surface area contributed by atoms with Gasteiger partial charge >= 0.3 is 5.97 Å². The molecule has 5 nitrogen and oxygen atoms in total. The Bertz CT molecular complexity index is 628. The summed E-state index contributed by atoms with van der Waals surface area (Å²) in [6, 6.07) is 9.68. The molecular weight excluding hydrogens is 308 g/mol. The average molecular weight is 322 g/mol. The third-order valence-electron chi connectivity index (χ3n) is 2.63. The number of aliphatic carboxylic acids is 1. The van der Waals surface area contributed by atoms with Crippen LogP contribution < -0.4 is 5.32 Å². The summed E-state index contributed by atoms with van der Waals surface area (Å²) < 4.78 is 0. The van der Waals surface area contributed by atoms with Crippen LogP contribution in [-0.2, 0) is 9.59 Å². The molecular formula is C14H14N2O3S2. The lowest BCUT2D eigenvalue weighted by molar-refractivity contribution is -0.136. The zero-order valence-electron chi connectivity index (χ0n) is 11.3. The predicted octanol–water partition coefficient (Wildman–Crippen LogP) is 2.95. The molecule has 0 bridgehead atoms. The van der Waals surface area contributed by atoms with Gasteiger partial charge in [-0.3, -0.25) is 9.59 Å². The van der Waals surface area contributed by atoms with Crippen LogP contribution in [0.4, 0.5) is 5.13 Å². The Morgan fingerprint density at radius 1 is 1.38 bits per heavy atom. The van der Waals surface area contributed by atoms with Crippen molar-refractivity contribution in [1.29, 1.82) is 0 Å². The molecule has 110 valence electrons. The van der Waals surface area contributed by atoms with E-state index in [-0.39, 0.29) is 11.7 Å². The molecule has 1 aromatic heterocycles. The normalized spacial score (nSPS) is 11.9. The number of hydrogen-bond acceptors (Lipinski definition) is 5. The van der Waals surface area contributed by atoms with E-state index in [1.807, 2.05) is 35.7 Å². The number of nitrogens with zero attached hydrogens (tertiary/aromatic N) is 1. The lowest BCUT2D eigenvalue weighted by Gasteiger charge is -2.05. The number of thioether (sulfide) groups is 1. The molecule has 0 aliphatic heterocycles. The lowest BCUT2D eigenvalue weighted by atomic mass is 10.2. The van der Waals surface area contributed by atoms with E-state index in [0.717, 1.165) is 23.0 Å². The Morgan fingerprint density at radius 2 is 2.10 bits per heavy atom. The molecule has 1 amide bonds. The first-order valence-corrected chi connectivity index (χ1v) is 8.14. The topological polar surface area (TPSA) is 79.3 Å². The largest absolute Gasteiger partial charge is 0.480 e. The molecule has 7 heteroatoms. The minimum atomic E-state index is -0.923. The van der Waals surface area contributed by atoms with Crippen molar-refractivity contribution < 1.29 is 14.7 Å². The van der Waals surface area contributed by atoms with Crippen molar-refractivity contribution >= 4 is 40.1 Å². The van der Waals surface area contributed by atoms with Gasteiger partial charge in [0.2, 0.25) is 5.91 Å². The number of rotatable bonds is 6. The first-order chi connectivity index (χ1) is 10.1. The monoisotopic (exact) mass is 322 g/mol. The van der Waals surface area contributed by atoms with Gasteiger partial charge in [0.1, 0.15) is 0 Å². The Kier molecular flexibility index (Phi) is 5.35. The van der Waals surface area contributed by atoms with Crippen molar-refractivity contribution in [1.82, 2.24) is 4.98 Å². The number of carbonyl (C=O) groups is 2. The molecule has 2 aromatic rings. The number of benzene rings is 1. The van der Waals surface area contributed by atoms with E-state index >= 15 is 0 Å². The third kappa shape index (κ3) is 4.57. The standard InChI is InChI=1S/C14H14N2O3S2/c1-9(13(18)19)20-8-12(17)16-14-15-11(7-21-14)10-5-3-2-4-6-10/h2-7,9H,8H2,1H3,(H,18,19)(H,15,16,17)/t9-/m1/s1. The quantitative estimate of drug-likeness (QED) is 0.855. The maximum absolute atomic E-state index is 11.7. The van der Waals surface area contributed by atoms with Crippen LogP contribution in [0.1, 0.15) is 6.92 Å². The highest BCUT2D eigenvalue weighted by Crippen LogP contribution is 2.24. The molecule has 1 heterocycles. The van der Waals surface area contributed by atoms with Crippen molar-refractivity contribution in [2.24, 2.45) is 0 Å². The summed E-state index contributed by atoms with van der Waals surface area (Å²) in [6.45, 7) is 1.55. The summed E-state index contributed by atoms with van der Waals surface area (Å²) in [5.41, 5.74) is 1.80. The first-order valence-electron chi connectivity index (χ1n) is 6.21. The minimum Gasteiger partial charge on any atom is -0.480 e. The van der Waals surface area contributed by atoms with Crippen LogP contribution in [-0.4, -0.2) is 33.0 Å². The van der Waals surface area contributed by atoms with E-state index in [4.69, 9.17) is 5.11 Å². The molecule has 0 aliphatic rings. The predicted molar refractivity (Wildman–Crippen MR) is 85.7 cm³/mol. The molecule has 0 saturated carbocycles. The summed E-state index contributed by atoms with van der Waals surface area (Å²) in [6.07, 6.45) is 0. The van der Waals surface area contributed by atoms with Crippen LogP contribution in [0.25, 0.3) is 11.3 Å². The highest BCUT2D eigenvalue weighted by atomic mass is 32.2. The molecule has 0 unspecified atom stereocenters. The zero-order chi connectivity index (χ0) is 15.2. The molecule has 21 heavy (non-hydrogen) atoms. The number of aromatic nitrogens is 1. The van der Waals surface area contributed by atoms with Crippen LogP contribution in [0.15, 0.2) is 35.7 Å². The third-order valence-corrected chi connectivity index (χ3v) is 4.52. The number of thiazole rings is 1. The molecule has 1 atom stereocenters. The van der Waals surface area contributed by atoms with Gasteiger partial charge in [-0.1, -0.05) is 30.3 Å². The van der Waals surface area contributed by atoms with Gasteiger partial charge in [-0.2, -0.15) is 0 Å². The number of carboxylic acid groups (broad SMARTS) is 1. The van der Waals surface area contributed by atoms with Gasteiger partial charge in [0, 0.05) is 10.9 Å². The summed E-state index contributed by atoms with van der Waals surface area (Å²) >= 11 is 2.42. The highest BCUT2D eigenvalue weighted by Gasteiger charge is 2.14. The molecule has 0 fully saturated rings. The summed E-state index contributed by atoms with van der Waals surface area (Å²) in [4.78, 5) is 26.7. The smallest absolute Gasteiger partial charge is 0.316 e. The van der Waals surface area contributed by atoms with Gasteiger partial charge in [-0.05, 0) is 6.92 Å². The van der Waals surface area contributed by atoms with Crippen LogP contribution >= 0.6 is 23.1 Å². The fourth-order valence-electron chi connectivity index (χ4n) is 1.50. The molecule has 0 spiro atoms. The van der Waals surface area contributed by atoms with Crippen LogP contribution in [0.3, 0.4) is 0 Å². The van der Waals surface area contributed by atoms with Crippen molar-refractivity contribution in [2.75, 3.05) is 11.1 Å². The van der Waals surface area contributed by atoms with Gasteiger partial charge in [0.05, 0.1) is 16.7 Å². The second-order valence-electron chi connectivity index (χ2n) is 4.24. The van der Waals surface area contributed by atoms with Crippen LogP contribution in [0.5, 0.6) is 0 Å². The van der Waals surface area contributed by atoms with E-state index in [2.05, 4.69) is 10.3 Å². The number of anilines is 1. The van der Waals surface area contributed by atoms with Gasteiger partial charge in [0.25, 0.3) is 0 Å². The van der Waals surface area contributed by atoms with E-state index < -0.39 is 11.2 Å². The maximum atomic E-state index is 11.7. The van der Waals surface area contributed by atoms with Crippen molar-refractivity contribution in [3.05, 3.63) is 35.7 Å². The summed E-state index contributed by atoms with van der Waals surface area (Å²) in [7, 11) is 0.